The van der Waals surface area contributed by atoms with Crippen molar-refractivity contribution in [1.82, 2.24) is 9.78 Å². The maximum absolute atomic E-state index is 13.2. The molecule has 0 saturated carbocycles. The first-order chi connectivity index (χ1) is 13.7. The summed E-state index contributed by atoms with van der Waals surface area (Å²) in [4.78, 5) is 30.2. The second kappa shape index (κ2) is 8.53. The lowest BCUT2D eigenvalue weighted by molar-refractivity contribution is -0.111. The fraction of sp³-hybridized carbons (Fsp3) is 0.100. The predicted molar refractivity (Wildman–Crippen MR) is 108 cm³/mol. The standard InChI is InChI=1S/C20H19FN3O4P/c1-24-20(15-4-7-17(21)8-5-15)16(12-22-24)6-11-19(25)23-18-9-2-14(3-10-18)13-29(26,27)28/h2-12H,13H2,1H3,(H,23,25)(H2,26,27,28). The van der Waals surface area contributed by atoms with Gasteiger partial charge in [0.15, 0.2) is 0 Å². The molecule has 0 spiro atoms. The fourth-order valence-corrected chi connectivity index (χ4v) is 3.50. The summed E-state index contributed by atoms with van der Waals surface area (Å²) in [5.74, 6) is -0.708. The zero-order chi connectivity index (χ0) is 21.0. The normalized spacial score (nSPS) is 11.7. The zero-order valence-corrected chi connectivity index (χ0v) is 16.4. The summed E-state index contributed by atoms with van der Waals surface area (Å²) in [5, 5.41) is 6.87. The SMILES string of the molecule is Cn1ncc(C=CC(=O)Nc2ccc(CP(=O)(O)O)cc2)c1-c1ccc(F)cc1. The van der Waals surface area contributed by atoms with E-state index in [2.05, 4.69) is 10.4 Å². The van der Waals surface area contributed by atoms with Crippen LogP contribution in [0.15, 0.2) is 60.8 Å². The smallest absolute Gasteiger partial charge is 0.324 e. The molecule has 1 amide bonds. The van der Waals surface area contributed by atoms with Gasteiger partial charge in [-0.3, -0.25) is 14.0 Å². The lowest BCUT2D eigenvalue weighted by Gasteiger charge is -2.06. The number of aromatic nitrogens is 2. The molecular weight excluding hydrogens is 396 g/mol. The summed E-state index contributed by atoms with van der Waals surface area (Å²) in [5.41, 5.74) is 3.19. The number of hydrogen-bond donors (Lipinski definition) is 3. The second-order valence-electron chi connectivity index (χ2n) is 6.42. The molecule has 0 bridgehead atoms. The monoisotopic (exact) mass is 415 g/mol. The van der Waals surface area contributed by atoms with Crippen LogP contribution < -0.4 is 5.32 Å². The molecule has 3 rings (SSSR count). The van der Waals surface area contributed by atoms with Crippen LogP contribution in [-0.2, 0) is 22.6 Å². The van der Waals surface area contributed by atoms with E-state index in [-0.39, 0.29) is 17.9 Å². The molecule has 0 aliphatic heterocycles. The maximum Gasteiger partial charge on any atom is 0.329 e. The van der Waals surface area contributed by atoms with Gasteiger partial charge in [0.05, 0.1) is 18.1 Å². The molecule has 3 N–H and O–H groups in total. The number of nitrogens with one attached hydrogen (secondary N) is 1. The number of carbonyl (C=O) groups is 1. The Morgan fingerprint density at radius 3 is 2.45 bits per heavy atom. The van der Waals surface area contributed by atoms with Crippen molar-refractivity contribution in [2.24, 2.45) is 7.05 Å². The Hall–Kier alpha value is -3.06. The van der Waals surface area contributed by atoms with Crippen molar-refractivity contribution in [3.63, 3.8) is 0 Å². The van der Waals surface area contributed by atoms with Crippen molar-refractivity contribution in [3.05, 3.63) is 77.7 Å². The first kappa shape index (κ1) is 20.7. The van der Waals surface area contributed by atoms with Crippen LogP contribution in [0.25, 0.3) is 17.3 Å². The number of halogens is 1. The number of benzene rings is 2. The van der Waals surface area contributed by atoms with E-state index in [1.165, 1.54) is 18.2 Å². The quantitative estimate of drug-likeness (QED) is 0.422. The van der Waals surface area contributed by atoms with E-state index >= 15 is 0 Å². The highest BCUT2D eigenvalue weighted by atomic mass is 31.2. The van der Waals surface area contributed by atoms with Crippen LogP contribution in [0, 0.1) is 5.82 Å². The first-order valence-electron chi connectivity index (χ1n) is 8.62. The minimum Gasteiger partial charge on any atom is -0.324 e. The summed E-state index contributed by atoms with van der Waals surface area (Å²) in [7, 11) is -2.37. The molecule has 0 atom stereocenters. The van der Waals surface area contributed by atoms with Gasteiger partial charge in [0.2, 0.25) is 5.91 Å². The number of hydrogen-bond acceptors (Lipinski definition) is 3. The molecule has 9 heteroatoms. The molecule has 0 radical (unpaired) electrons. The van der Waals surface area contributed by atoms with Gasteiger partial charge in [-0.15, -0.1) is 0 Å². The lowest BCUT2D eigenvalue weighted by atomic mass is 10.1. The molecule has 3 aromatic rings. The molecule has 0 saturated heterocycles. The summed E-state index contributed by atoms with van der Waals surface area (Å²) in [6.07, 6.45) is 4.23. The predicted octanol–water partition coefficient (Wildman–Crippen LogP) is 3.56. The van der Waals surface area contributed by atoms with Gasteiger partial charge < -0.3 is 15.1 Å². The highest BCUT2D eigenvalue weighted by Gasteiger charge is 2.13. The van der Waals surface area contributed by atoms with E-state index in [9.17, 15) is 13.8 Å². The Kier molecular flexibility index (Phi) is 6.08. The number of aryl methyl sites for hydroxylation is 1. The Balaban J connectivity index is 1.70. The highest BCUT2D eigenvalue weighted by molar-refractivity contribution is 7.50. The molecule has 0 aliphatic carbocycles. The van der Waals surface area contributed by atoms with Crippen LogP contribution in [0.4, 0.5) is 10.1 Å². The van der Waals surface area contributed by atoms with Crippen LogP contribution in [0.5, 0.6) is 0 Å². The van der Waals surface area contributed by atoms with Crippen LogP contribution in [0.3, 0.4) is 0 Å². The van der Waals surface area contributed by atoms with Crippen molar-refractivity contribution in [2.45, 2.75) is 6.16 Å². The second-order valence-corrected chi connectivity index (χ2v) is 8.07. The molecule has 29 heavy (non-hydrogen) atoms. The van der Waals surface area contributed by atoms with E-state index in [1.54, 1.807) is 60.4 Å². The van der Waals surface area contributed by atoms with E-state index in [0.717, 1.165) is 11.3 Å². The van der Waals surface area contributed by atoms with E-state index in [4.69, 9.17) is 9.79 Å². The van der Waals surface area contributed by atoms with Crippen LogP contribution >= 0.6 is 7.60 Å². The van der Waals surface area contributed by atoms with Crippen molar-refractivity contribution < 1.29 is 23.5 Å². The third-order valence-corrected chi connectivity index (χ3v) is 4.89. The third-order valence-electron chi connectivity index (χ3n) is 4.11. The summed E-state index contributed by atoms with van der Waals surface area (Å²) in [6.45, 7) is 0. The average molecular weight is 415 g/mol. The lowest BCUT2D eigenvalue weighted by Crippen LogP contribution is -2.07. The molecular formula is C20H19FN3O4P. The zero-order valence-electron chi connectivity index (χ0n) is 15.5. The molecule has 7 nitrogen and oxygen atoms in total. The molecule has 0 aliphatic rings. The largest absolute Gasteiger partial charge is 0.329 e. The van der Waals surface area contributed by atoms with Gasteiger partial charge in [-0.2, -0.15) is 5.10 Å². The summed E-state index contributed by atoms with van der Waals surface area (Å²) >= 11 is 0. The Morgan fingerprint density at radius 2 is 1.83 bits per heavy atom. The van der Waals surface area contributed by atoms with Crippen molar-refractivity contribution >= 4 is 25.3 Å². The topological polar surface area (TPSA) is 104 Å². The number of nitrogens with zero attached hydrogens (tertiary/aromatic N) is 2. The van der Waals surface area contributed by atoms with Gasteiger partial charge in [0.1, 0.15) is 5.82 Å². The number of rotatable bonds is 6. The number of carbonyl (C=O) groups excluding carboxylic acids is 1. The first-order valence-corrected chi connectivity index (χ1v) is 10.4. The Bertz CT molecular complexity index is 1090. The average Bonchev–Trinajstić information content (AvgIpc) is 3.02. The minimum atomic E-state index is -4.13. The van der Waals surface area contributed by atoms with Gasteiger partial charge in [-0.1, -0.05) is 12.1 Å². The van der Waals surface area contributed by atoms with Crippen molar-refractivity contribution in [3.8, 4) is 11.3 Å². The van der Waals surface area contributed by atoms with Gasteiger partial charge in [0.25, 0.3) is 0 Å². The maximum atomic E-state index is 13.2. The van der Waals surface area contributed by atoms with Gasteiger partial charge in [0, 0.05) is 29.9 Å². The molecule has 150 valence electrons. The van der Waals surface area contributed by atoms with Crippen molar-refractivity contribution in [2.75, 3.05) is 5.32 Å². The fourth-order valence-electron chi connectivity index (χ4n) is 2.82. The van der Waals surface area contributed by atoms with E-state index < -0.39 is 7.60 Å². The van der Waals surface area contributed by atoms with E-state index in [0.29, 0.717) is 16.8 Å². The molecule has 0 fully saturated rings. The van der Waals surface area contributed by atoms with Gasteiger partial charge in [-0.05, 0) is 48.0 Å². The van der Waals surface area contributed by atoms with Gasteiger partial charge in [-0.25, -0.2) is 4.39 Å². The summed E-state index contributed by atoms with van der Waals surface area (Å²) in [6, 6.07) is 12.2. The van der Waals surface area contributed by atoms with E-state index in [1.807, 2.05) is 0 Å². The number of anilines is 1. The van der Waals surface area contributed by atoms with Crippen LogP contribution in [-0.4, -0.2) is 25.5 Å². The van der Waals surface area contributed by atoms with Crippen LogP contribution in [0.1, 0.15) is 11.1 Å². The Morgan fingerprint density at radius 1 is 1.17 bits per heavy atom. The molecule has 1 heterocycles. The number of amides is 1. The third kappa shape index (κ3) is 5.71. The molecule has 0 unspecified atom stereocenters. The van der Waals surface area contributed by atoms with Gasteiger partial charge >= 0.3 is 7.60 Å². The summed E-state index contributed by atoms with van der Waals surface area (Å²) < 4.78 is 25.8. The minimum absolute atomic E-state index is 0.334. The van der Waals surface area contributed by atoms with Crippen molar-refractivity contribution in [1.29, 1.82) is 0 Å². The molecule has 2 aromatic carbocycles. The molecule has 1 aromatic heterocycles. The van der Waals surface area contributed by atoms with Crippen LogP contribution in [0.2, 0.25) is 0 Å². The highest BCUT2D eigenvalue weighted by Crippen LogP contribution is 2.39. The Labute approximate surface area is 166 Å².